The maximum atomic E-state index is 10.7. The fraction of sp³-hybridized carbons (Fsp3) is 0.200. The van der Waals surface area contributed by atoms with Crippen LogP contribution in [-0.4, -0.2) is 12.0 Å². The minimum Gasteiger partial charge on any atom is -0.351 e. The molecule has 0 atom stereocenters. The molecule has 0 saturated heterocycles. The van der Waals surface area contributed by atoms with E-state index < -0.39 is 0 Å². The first-order chi connectivity index (χ1) is 6.70. The number of benzene rings is 1. The Labute approximate surface area is 81.6 Å². The summed E-state index contributed by atoms with van der Waals surface area (Å²) in [6, 6.07) is 5.16. The maximum Gasteiger partial charge on any atom is 0.274 e. The van der Waals surface area contributed by atoms with Gasteiger partial charge < -0.3 is 4.90 Å². The molecular weight excluding hydrogens is 180 g/mol. The van der Waals surface area contributed by atoms with E-state index in [1.54, 1.807) is 12.1 Å². The van der Waals surface area contributed by atoms with Gasteiger partial charge in [-0.25, -0.2) is 0 Å². The van der Waals surface area contributed by atoms with Gasteiger partial charge in [0.15, 0.2) is 0 Å². The highest BCUT2D eigenvalue weighted by atomic mass is 16.6. The molecule has 1 aliphatic rings. The molecule has 4 nitrogen and oxygen atoms in total. The quantitative estimate of drug-likeness (QED) is 0.503. The summed E-state index contributed by atoms with van der Waals surface area (Å²) in [4.78, 5) is 12.3. The van der Waals surface area contributed by atoms with Gasteiger partial charge in [0.25, 0.3) is 5.69 Å². The highest BCUT2D eigenvalue weighted by Crippen LogP contribution is 2.31. The second-order valence-corrected chi connectivity index (χ2v) is 3.23. The summed E-state index contributed by atoms with van der Waals surface area (Å²) in [5, 5.41) is 10.7. The molecule has 0 aromatic heterocycles. The Morgan fingerprint density at radius 3 is 3.00 bits per heavy atom. The van der Waals surface area contributed by atoms with Gasteiger partial charge >= 0.3 is 0 Å². The van der Waals surface area contributed by atoms with Crippen molar-refractivity contribution < 1.29 is 4.92 Å². The van der Waals surface area contributed by atoms with E-state index in [9.17, 15) is 10.1 Å². The van der Waals surface area contributed by atoms with Gasteiger partial charge in [-0.15, -0.1) is 0 Å². The van der Waals surface area contributed by atoms with Gasteiger partial charge in [-0.1, -0.05) is 12.1 Å². The van der Waals surface area contributed by atoms with E-state index in [1.165, 1.54) is 0 Å². The molecule has 0 amide bonds. The number of nitrogens with zero attached hydrogens (tertiary/aromatic N) is 2. The third-order valence-electron chi connectivity index (χ3n) is 2.35. The summed E-state index contributed by atoms with van der Waals surface area (Å²) in [5.74, 6) is 0. The summed E-state index contributed by atoms with van der Waals surface area (Å²) in [6.07, 6.45) is 4.48. The minimum atomic E-state index is -0.328. The first-order valence-electron chi connectivity index (χ1n) is 4.36. The molecule has 0 aliphatic carbocycles. The molecule has 1 aromatic rings. The Kier molecular flexibility index (Phi) is 1.96. The Morgan fingerprint density at radius 2 is 2.29 bits per heavy atom. The standard InChI is InChI=1S/C10H10N2O2/c1-11-7-3-4-8-9(11)5-2-6-10(8)12(13)14/h2-3,5-7H,4H2,1H3. The van der Waals surface area contributed by atoms with Crippen LogP contribution in [0.15, 0.2) is 30.5 Å². The number of allylic oxidation sites excluding steroid dienone is 1. The number of rotatable bonds is 1. The van der Waals surface area contributed by atoms with Gasteiger partial charge in [0.2, 0.25) is 0 Å². The Balaban J connectivity index is 2.59. The smallest absolute Gasteiger partial charge is 0.274 e. The number of anilines is 1. The van der Waals surface area contributed by atoms with Crippen molar-refractivity contribution in [1.29, 1.82) is 0 Å². The lowest BCUT2D eigenvalue weighted by Crippen LogP contribution is -2.14. The molecule has 0 spiro atoms. The lowest BCUT2D eigenvalue weighted by atomic mass is 10.0. The van der Waals surface area contributed by atoms with Crippen molar-refractivity contribution in [2.75, 3.05) is 11.9 Å². The maximum absolute atomic E-state index is 10.7. The molecule has 14 heavy (non-hydrogen) atoms. The van der Waals surface area contributed by atoms with E-state index in [-0.39, 0.29) is 10.6 Å². The van der Waals surface area contributed by atoms with Crippen LogP contribution in [0.3, 0.4) is 0 Å². The van der Waals surface area contributed by atoms with Crippen LogP contribution in [0.4, 0.5) is 11.4 Å². The van der Waals surface area contributed by atoms with Crippen LogP contribution in [0, 0.1) is 10.1 Å². The van der Waals surface area contributed by atoms with Gasteiger partial charge in [0.1, 0.15) is 0 Å². The predicted octanol–water partition coefficient (Wildman–Crippen LogP) is 2.10. The number of hydrogen-bond donors (Lipinski definition) is 0. The lowest BCUT2D eigenvalue weighted by Gasteiger charge is -2.21. The van der Waals surface area contributed by atoms with Gasteiger partial charge in [0.05, 0.1) is 16.2 Å². The molecule has 1 aromatic carbocycles. The monoisotopic (exact) mass is 190 g/mol. The van der Waals surface area contributed by atoms with E-state index in [1.807, 2.05) is 30.3 Å². The Bertz CT molecular complexity index is 413. The molecule has 0 radical (unpaired) electrons. The van der Waals surface area contributed by atoms with Crippen LogP contribution in [0.25, 0.3) is 0 Å². The second-order valence-electron chi connectivity index (χ2n) is 3.23. The van der Waals surface area contributed by atoms with Crippen molar-refractivity contribution in [2.45, 2.75) is 6.42 Å². The summed E-state index contributed by atoms with van der Waals surface area (Å²) in [5.41, 5.74) is 1.92. The van der Waals surface area contributed by atoms with Crippen molar-refractivity contribution in [3.05, 3.63) is 46.2 Å². The van der Waals surface area contributed by atoms with E-state index in [0.717, 1.165) is 11.3 Å². The van der Waals surface area contributed by atoms with E-state index in [0.29, 0.717) is 6.42 Å². The zero-order valence-electron chi connectivity index (χ0n) is 7.80. The van der Waals surface area contributed by atoms with Gasteiger partial charge in [0, 0.05) is 25.7 Å². The van der Waals surface area contributed by atoms with Crippen LogP contribution in [0.2, 0.25) is 0 Å². The van der Waals surface area contributed by atoms with Crippen molar-refractivity contribution in [3.8, 4) is 0 Å². The lowest BCUT2D eigenvalue weighted by molar-refractivity contribution is -0.385. The predicted molar refractivity (Wildman–Crippen MR) is 54.3 cm³/mol. The molecule has 1 aliphatic heterocycles. The number of fused-ring (bicyclic) bond motifs is 1. The molecule has 0 saturated carbocycles. The number of nitro groups is 1. The molecular formula is C10H10N2O2. The largest absolute Gasteiger partial charge is 0.351 e. The average molecular weight is 190 g/mol. The van der Waals surface area contributed by atoms with Crippen LogP contribution >= 0.6 is 0 Å². The average Bonchev–Trinajstić information content (AvgIpc) is 2.17. The zero-order valence-corrected chi connectivity index (χ0v) is 7.80. The Hall–Kier alpha value is -1.84. The summed E-state index contributed by atoms with van der Waals surface area (Å²) in [6.45, 7) is 0. The van der Waals surface area contributed by atoms with Crippen LogP contribution in [-0.2, 0) is 6.42 Å². The molecule has 0 bridgehead atoms. The molecule has 72 valence electrons. The van der Waals surface area contributed by atoms with Crippen molar-refractivity contribution >= 4 is 11.4 Å². The first kappa shape index (κ1) is 8.74. The van der Waals surface area contributed by atoms with E-state index in [4.69, 9.17) is 0 Å². The van der Waals surface area contributed by atoms with E-state index >= 15 is 0 Å². The van der Waals surface area contributed by atoms with Gasteiger partial charge in [-0.3, -0.25) is 10.1 Å². The minimum absolute atomic E-state index is 0.207. The molecule has 0 N–H and O–H groups in total. The van der Waals surface area contributed by atoms with Crippen molar-refractivity contribution in [3.63, 3.8) is 0 Å². The first-order valence-corrected chi connectivity index (χ1v) is 4.36. The summed E-state index contributed by atoms with van der Waals surface area (Å²) < 4.78 is 0. The van der Waals surface area contributed by atoms with Crippen molar-refractivity contribution in [1.82, 2.24) is 0 Å². The third-order valence-corrected chi connectivity index (χ3v) is 2.35. The van der Waals surface area contributed by atoms with Gasteiger partial charge in [-0.2, -0.15) is 0 Å². The van der Waals surface area contributed by atoms with Crippen LogP contribution in [0.5, 0.6) is 0 Å². The zero-order chi connectivity index (χ0) is 10.1. The van der Waals surface area contributed by atoms with Crippen LogP contribution < -0.4 is 4.90 Å². The van der Waals surface area contributed by atoms with E-state index in [2.05, 4.69) is 0 Å². The highest BCUT2D eigenvalue weighted by Gasteiger charge is 2.19. The normalized spacial score (nSPS) is 13.9. The molecule has 4 heteroatoms. The fourth-order valence-electron chi connectivity index (χ4n) is 1.68. The summed E-state index contributed by atoms with van der Waals surface area (Å²) >= 11 is 0. The molecule has 1 heterocycles. The third kappa shape index (κ3) is 1.25. The second kappa shape index (κ2) is 3.14. The Morgan fingerprint density at radius 1 is 1.50 bits per heavy atom. The van der Waals surface area contributed by atoms with Crippen molar-refractivity contribution in [2.24, 2.45) is 0 Å². The molecule has 0 fully saturated rings. The SMILES string of the molecule is CN1C=CCc2c1cccc2[N+](=O)[O-]. The molecule has 0 unspecified atom stereocenters. The molecule has 2 rings (SSSR count). The van der Waals surface area contributed by atoms with Gasteiger partial charge in [-0.05, 0) is 6.07 Å². The fourth-order valence-corrected chi connectivity index (χ4v) is 1.68. The number of hydrogen-bond acceptors (Lipinski definition) is 3. The number of nitro benzene ring substituents is 1. The topological polar surface area (TPSA) is 46.4 Å². The summed E-state index contributed by atoms with van der Waals surface area (Å²) in [7, 11) is 1.89. The van der Waals surface area contributed by atoms with Crippen LogP contribution in [0.1, 0.15) is 5.56 Å². The highest BCUT2D eigenvalue weighted by molar-refractivity contribution is 5.65.